The van der Waals surface area contributed by atoms with Gasteiger partial charge in [-0.25, -0.2) is 4.79 Å². The first kappa shape index (κ1) is 16.1. The van der Waals surface area contributed by atoms with Crippen LogP contribution < -0.4 is 10.6 Å². The Hall–Kier alpha value is -2.80. The maximum atomic E-state index is 12.1. The van der Waals surface area contributed by atoms with Crippen LogP contribution in [0.25, 0.3) is 10.9 Å². The molecule has 2 aromatic heterocycles. The van der Waals surface area contributed by atoms with E-state index >= 15 is 0 Å². The van der Waals surface area contributed by atoms with Crippen LogP contribution >= 0.6 is 0 Å². The Kier molecular flexibility index (Phi) is 4.81. The Labute approximate surface area is 140 Å². The largest absolute Gasteiger partial charge is 0.383 e. The summed E-state index contributed by atoms with van der Waals surface area (Å²) in [6.07, 6.45) is 5.42. The number of carbonyl (C=O) groups excluding carboxylic acids is 1. The normalized spacial score (nSPS) is 10.9. The van der Waals surface area contributed by atoms with Crippen molar-refractivity contribution in [3.63, 3.8) is 0 Å². The van der Waals surface area contributed by atoms with E-state index in [2.05, 4.69) is 33.3 Å². The highest BCUT2D eigenvalue weighted by Crippen LogP contribution is 2.20. The third-order valence-corrected chi connectivity index (χ3v) is 3.79. The molecule has 0 aliphatic rings. The molecule has 0 fully saturated rings. The number of aryl methyl sites for hydroxylation is 1. The van der Waals surface area contributed by atoms with Crippen molar-refractivity contribution in [2.75, 3.05) is 24.4 Å². The van der Waals surface area contributed by atoms with Gasteiger partial charge in [0.15, 0.2) is 0 Å². The molecular weight excluding hydrogens is 306 g/mol. The third kappa shape index (κ3) is 3.57. The number of rotatable bonds is 6. The van der Waals surface area contributed by atoms with Gasteiger partial charge in [0.25, 0.3) is 0 Å². The number of fused-ring (bicyclic) bond motifs is 1. The molecule has 0 aliphatic carbocycles. The Morgan fingerprint density at radius 3 is 2.88 bits per heavy atom. The SMILES string of the molecule is CCn1ccc2ccc(NC(=O)Nc3cnn(CCOC)c3)cc21. The summed E-state index contributed by atoms with van der Waals surface area (Å²) in [6, 6.07) is 7.64. The van der Waals surface area contributed by atoms with Gasteiger partial charge >= 0.3 is 6.03 Å². The van der Waals surface area contributed by atoms with Gasteiger partial charge in [-0.05, 0) is 30.5 Å². The first-order chi connectivity index (χ1) is 11.7. The van der Waals surface area contributed by atoms with Crippen molar-refractivity contribution in [1.82, 2.24) is 14.3 Å². The lowest BCUT2D eigenvalue weighted by molar-refractivity contribution is 0.183. The highest BCUT2D eigenvalue weighted by molar-refractivity contribution is 6.00. The fourth-order valence-corrected chi connectivity index (χ4v) is 2.57. The molecule has 0 saturated carbocycles. The standard InChI is InChI=1S/C17H21N5O2/c1-3-21-7-6-13-4-5-14(10-16(13)21)19-17(23)20-15-11-18-22(12-15)8-9-24-2/h4-7,10-12H,3,8-9H2,1-2H3,(H2,19,20,23). The van der Waals surface area contributed by atoms with E-state index in [1.54, 1.807) is 24.2 Å². The number of benzene rings is 1. The second kappa shape index (κ2) is 7.18. The van der Waals surface area contributed by atoms with Gasteiger partial charge in [-0.2, -0.15) is 5.10 Å². The fourth-order valence-electron chi connectivity index (χ4n) is 2.57. The van der Waals surface area contributed by atoms with E-state index in [9.17, 15) is 4.79 Å². The zero-order valence-corrected chi connectivity index (χ0v) is 13.8. The number of methoxy groups -OCH3 is 1. The van der Waals surface area contributed by atoms with Crippen LogP contribution in [-0.2, 0) is 17.8 Å². The predicted octanol–water partition coefficient (Wildman–Crippen LogP) is 3.15. The zero-order chi connectivity index (χ0) is 16.9. The zero-order valence-electron chi connectivity index (χ0n) is 13.8. The van der Waals surface area contributed by atoms with Gasteiger partial charge in [-0.1, -0.05) is 6.07 Å². The molecule has 0 radical (unpaired) electrons. The fraction of sp³-hybridized carbons (Fsp3) is 0.294. The van der Waals surface area contributed by atoms with Gasteiger partial charge in [0.2, 0.25) is 0 Å². The van der Waals surface area contributed by atoms with Crippen LogP contribution in [0.3, 0.4) is 0 Å². The molecule has 3 aromatic rings. The third-order valence-electron chi connectivity index (χ3n) is 3.79. The van der Waals surface area contributed by atoms with Gasteiger partial charge in [0.1, 0.15) is 0 Å². The van der Waals surface area contributed by atoms with Crippen molar-refractivity contribution >= 4 is 28.3 Å². The van der Waals surface area contributed by atoms with E-state index in [0.717, 1.165) is 23.1 Å². The summed E-state index contributed by atoms with van der Waals surface area (Å²) in [5.74, 6) is 0. The number of nitrogens with zero attached hydrogens (tertiary/aromatic N) is 3. The molecule has 126 valence electrons. The molecule has 2 N–H and O–H groups in total. The number of carbonyl (C=O) groups is 1. The summed E-state index contributed by atoms with van der Waals surface area (Å²) in [5.41, 5.74) is 2.49. The Balaban J connectivity index is 1.65. The number of nitrogens with one attached hydrogen (secondary N) is 2. The average Bonchev–Trinajstić information content (AvgIpc) is 3.18. The van der Waals surface area contributed by atoms with Crippen LogP contribution in [0.15, 0.2) is 42.9 Å². The van der Waals surface area contributed by atoms with E-state index in [1.165, 1.54) is 0 Å². The van der Waals surface area contributed by atoms with Gasteiger partial charge in [0, 0.05) is 31.7 Å². The minimum atomic E-state index is -0.296. The lowest BCUT2D eigenvalue weighted by Crippen LogP contribution is -2.19. The molecule has 0 unspecified atom stereocenters. The summed E-state index contributed by atoms with van der Waals surface area (Å²) in [7, 11) is 1.64. The maximum Gasteiger partial charge on any atom is 0.323 e. The summed E-state index contributed by atoms with van der Waals surface area (Å²) in [4.78, 5) is 12.1. The van der Waals surface area contributed by atoms with E-state index in [1.807, 2.05) is 24.4 Å². The molecule has 0 spiro atoms. The van der Waals surface area contributed by atoms with Crippen molar-refractivity contribution in [2.24, 2.45) is 0 Å². The first-order valence-corrected chi connectivity index (χ1v) is 7.88. The summed E-state index contributed by atoms with van der Waals surface area (Å²) < 4.78 is 8.86. The minimum Gasteiger partial charge on any atom is -0.383 e. The number of ether oxygens (including phenoxy) is 1. The molecule has 24 heavy (non-hydrogen) atoms. The molecule has 7 nitrogen and oxygen atoms in total. The molecule has 3 rings (SSSR count). The van der Waals surface area contributed by atoms with Gasteiger partial charge < -0.3 is 19.9 Å². The van der Waals surface area contributed by atoms with Crippen molar-refractivity contribution < 1.29 is 9.53 Å². The van der Waals surface area contributed by atoms with E-state index in [0.29, 0.717) is 18.8 Å². The topological polar surface area (TPSA) is 73.1 Å². The molecule has 1 aromatic carbocycles. The molecule has 0 atom stereocenters. The van der Waals surface area contributed by atoms with Crippen LogP contribution in [0.2, 0.25) is 0 Å². The van der Waals surface area contributed by atoms with Crippen molar-refractivity contribution in [2.45, 2.75) is 20.0 Å². The Morgan fingerprint density at radius 2 is 2.08 bits per heavy atom. The number of hydrogen-bond donors (Lipinski definition) is 2. The van der Waals surface area contributed by atoms with Crippen molar-refractivity contribution in [3.05, 3.63) is 42.9 Å². The molecule has 0 bridgehead atoms. The second-order valence-electron chi connectivity index (χ2n) is 5.44. The summed E-state index contributed by atoms with van der Waals surface area (Å²) in [6.45, 7) is 4.20. The molecule has 2 amide bonds. The Morgan fingerprint density at radius 1 is 1.25 bits per heavy atom. The molecule has 7 heteroatoms. The molecular formula is C17H21N5O2. The molecule has 2 heterocycles. The quantitative estimate of drug-likeness (QED) is 0.730. The van der Waals surface area contributed by atoms with Crippen molar-refractivity contribution in [1.29, 1.82) is 0 Å². The number of hydrogen-bond acceptors (Lipinski definition) is 3. The minimum absolute atomic E-state index is 0.296. The van der Waals surface area contributed by atoms with Crippen molar-refractivity contribution in [3.8, 4) is 0 Å². The highest BCUT2D eigenvalue weighted by Gasteiger charge is 2.07. The summed E-state index contributed by atoms with van der Waals surface area (Å²) in [5, 5.41) is 10.9. The van der Waals surface area contributed by atoms with Crippen LogP contribution in [-0.4, -0.2) is 34.1 Å². The van der Waals surface area contributed by atoms with E-state index in [4.69, 9.17) is 4.74 Å². The lowest BCUT2D eigenvalue weighted by Gasteiger charge is -2.07. The van der Waals surface area contributed by atoms with E-state index < -0.39 is 0 Å². The van der Waals surface area contributed by atoms with Crippen LogP contribution in [0.5, 0.6) is 0 Å². The summed E-state index contributed by atoms with van der Waals surface area (Å²) >= 11 is 0. The lowest BCUT2D eigenvalue weighted by atomic mass is 10.2. The number of urea groups is 1. The van der Waals surface area contributed by atoms with Gasteiger partial charge in [-0.15, -0.1) is 0 Å². The highest BCUT2D eigenvalue weighted by atomic mass is 16.5. The second-order valence-corrected chi connectivity index (χ2v) is 5.44. The predicted molar refractivity (Wildman–Crippen MR) is 94.4 cm³/mol. The van der Waals surface area contributed by atoms with Gasteiger partial charge in [-0.3, -0.25) is 4.68 Å². The smallest absolute Gasteiger partial charge is 0.323 e. The average molecular weight is 327 g/mol. The molecule has 0 saturated heterocycles. The monoisotopic (exact) mass is 327 g/mol. The first-order valence-electron chi connectivity index (χ1n) is 7.88. The van der Waals surface area contributed by atoms with Crippen LogP contribution in [0, 0.1) is 0 Å². The van der Waals surface area contributed by atoms with Crippen LogP contribution in [0.1, 0.15) is 6.92 Å². The number of amides is 2. The maximum absolute atomic E-state index is 12.1. The van der Waals surface area contributed by atoms with Crippen LogP contribution in [0.4, 0.5) is 16.2 Å². The Bertz CT molecular complexity index is 836. The van der Waals surface area contributed by atoms with E-state index in [-0.39, 0.29) is 6.03 Å². The van der Waals surface area contributed by atoms with Gasteiger partial charge in [0.05, 0.1) is 30.6 Å². The molecule has 0 aliphatic heterocycles. The number of anilines is 2. The number of aromatic nitrogens is 3.